The standard InChI is InChI=1S/C40H52N2O14S/c1-25(2)37(47)53-31(21-43)17-41(18-32(22-44)54-38(48)26(3)4)29-9-13-35(14-10-29)57(51,52)36-15-11-30(12-16-36)42(19-33(23-45)55-39(49)27(5)6)20-34(24-46)56-40(50)28(7)8/h9-16,31-34,43-46H,1,3,5,7,17-24H2,2,4,6,8H3. The molecule has 0 aliphatic heterocycles. The third-order valence-electron chi connectivity index (χ3n) is 8.02. The lowest BCUT2D eigenvalue weighted by Gasteiger charge is -2.31. The van der Waals surface area contributed by atoms with Crippen LogP contribution < -0.4 is 9.80 Å². The van der Waals surface area contributed by atoms with Crippen LogP contribution in [0.15, 0.2) is 107 Å². The van der Waals surface area contributed by atoms with Gasteiger partial charge in [-0.1, -0.05) is 26.3 Å². The number of hydrogen-bond acceptors (Lipinski definition) is 16. The van der Waals surface area contributed by atoms with Crippen LogP contribution in [0, 0.1) is 0 Å². The zero-order valence-electron chi connectivity index (χ0n) is 32.6. The number of hydrogen-bond donors (Lipinski definition) is 4. The second-order valence-corrected chi connectivity index (χ2v) is 15.2. The van der Waals surface area contributed by atoms with Crippen molar-refractivity contribution in [2.24, 2.45) is 0 Å². The summed E-state index contributed by atoms with van der Waals surface area (Å²) in [6.45, 7) is 16.9. The quantitative estimate of drug-likeness (QED) is 0.0676. The zero-order valence-corrected chi connectivity index (χ0v) is 33.4. The van der Waals surface area contributed by atoms with Gasteiger partial charge in [-0.3, -0.25) is 0 Å². The Balaban J connectivity index is 2.48. The summed E-state index contributed by atoms with van der Waals surface area (Å²) in [5.41, 5.74) is 1.11. The molecule has 0 aliphatic rings. The lowest BCUT2D eigenvalue weighted by molar-refractivity contribution is -0.147. The molecule has 17 heteroatoms. The molecule has 0 saturated carbocycles. The highest BCUT2D eigenvalue weighted by Crippen LogP contribution is 2.27. The van der Waals surface area contributed by atoms with Crippen molar-refractivity contribution >= 4 is 45.1 Å². The SMILES string of the molecule is C=C(C)C(=O)OC(CO)CN(CC(CO)OC(=O)C(=C)C)c1ccc(S(=O)(=O)c2ccc(N(CC(CO)OC(=O)C(=C)C)CC(CO)OC(=O)C(=C)C)cc2)cc1. The topological polar surface area (TPSA) is 227 Å². The minimum Gasteiger partial charge on any atom is -0.455 e. The molecule has 4 unspecified atom stereocenters. The summed E-state index contributed by atoms with van der Waals surface area (Å²) in [4.78, 5) is 51.7. The molecule has 0 saturated heterocycles. The highest BCUT2D eigenvalue weighted by atomic mass is 32.2. The van der Waals surface area contributed by atoms with E-state index in [1.54, 1.807) is 9.80 Å². The summed E-state index contributed by atoms with van der Waals surface area (Å²) in [6, 6.07) is 11.1. The van der Waals surface area contributed by atoms with Crippen LogP contribution in [0.25, 0.3) is 0 Å². The molecule has 0 aromatic heterocycles. The van der Waals surface area contributed by atoms with Gasteiger partial charge in [-0.2, -0.15) is 0 Å². The molecule has 0 aliphatic carbocycles. The van der Waals surface area contributed by atoms with Crippen molar-refractivity contribution < 1.29 is 67.0 Å². The number of ether oxygens (including phenoxy) is 4. The molecule has 2 aromatic rings. The first-order valence-electron chi connectivity index (χ1n) is 17.6. The molecular formula is C40H52N2O14S. The number of esters is 4. The summed E-state index contributed by atoms with van der Waals surface area (Å²) < 4.78 is 48.9. The average Bonchev–Trinajstić information content (AvgIpc) is 3.18. The van der Waals surface area contributed by atoms with E-state index in [1.165, 1.54) is 76.2 Å². The lowest BCUT2D eigenvalue weighted by atomic mass is 10.2. The first-order chi connectivity index (χ1) is 26.8. The van der Waals surface area contributed by atoms with Gasteiger partial charge >= 0.3 is 23.9 Å². The number of carbonyl (C=O) groups excluding carboxylic acids is 4. The number of carbonyl (C=O) groups is 4. The maximum Gasteiger partial charge on any atom is 0.333 e. The van der Waals surface area contributed by atoms with Crippen molar-refractivity contribution in [2.75, 3.05) is 62.4 Å². The number of nitrogens with zero attached hydrogens (tertiary/aromatic N) is 2. The van der Waals surface area contributed by atoms with Crippen molar-refractivity contribution in [3.8, 4) is 0 Å². The molecule has 2 rings (SSSR count). The maximum atomic E-state index is 13.8. The summed E-state index contributed by atoms with van der Waals surface area (Å²) in [5, 5.41) is 39.9. The Hall–Kier alpha value is -5.33. The van der Waals surface area contributed by atoms with E-state index in [4.69, 9.17) is 18.9 Å². The second kappa shape index (κ2) is 22.4. The summed E-state index contributed by atoms with van der Waals surface area (Å²) in [6.07, 6.45) is -4.32. The Labute approximate surface area is 332 Å². The summed E-state index contributed by atoms with van der Waals surface area (Å²) >= 11 is 0. The van der Waals surface area contributed by atoms with E-state index in [9.17, 15) is 48.0 Å². The van der Waals surface area contributed by atoms with Gasteiger partial charge in [0.05, 0.1) is 62.4 Å². The third kappa shape index (κ3) is 14.6. The van der Waals surface area contributed by atoms with E-state index >= 15 is 0 Å². The fourth-order valence-corrected chi connectivity index (χ4v) is 6.16. The van der Waals surface area contributed by atoms with Crippen LogP contribution in [0.4, 0.5) is 11.4 Å². The van der Waals surface area contributed by atoms with Crippen molar-refractivity contribution in [1.82, 2.24) is 0 Å². The molecule has 0 radical (unpaired) electrons. The normalized spacial score (nSPS) is 13.2. The molecule has 16 nitrogen and oxygen atoms in total. The Morgan fingerprint density at radius 3 is 0.877 bits per heavy atom. The van der Waals surface area contributed by atoms with Crippen LogP contribution in [-0.2, 0) is 48.0 Å². The number of benzene rings is 2. The molecule has 0 spiro atoms. The van der Waals surface area contributed by atoms with Gasteiger partial charge in [-0.25, -0.2) is 27.6 Å². The third-order valence-corrected chi connectivity index (χ3v) is 9.81. The van der Waals surface area contributed by atoms with Gasteiger partial charge in [0.2, 0.25) is 9.84 Å². The monoisotopic (exact) mass is 816 g/mol. The molecule has 57 heavy (non-hydrogen) atoms. The Kier molecular flexibility index (Phi) is 18.8. The van der Waals surface area contributed by atoms with Gasteiger partial charge in [0.1, 0.15) is 24.4 Å². The summed E-state index contributed by atoms with van der Waals surface area (Å²) in [5.74, 6) is -3.02. The fourth-order valence-electron chi connectivity index (χ4n) is 4.90. The predicted molar refractivity (Wildman–Crippen MR) is 210 cm³/mol. The van der Waals surface area contributed by atoms with Gasteiger partial charge < -0.3 is 49.2 Å². The second-order valence-electron chi connectivity index (χ2n) is 13.3. The van der Waals surface area contributed by atoms with E-state index in [-0.39, 0.29) is 58.3 Å². The van der Waals surface area contributed by atoms with Crippen LogP contribution in [0.2, 0.25) is 0 Å². The highest BCUT2D eigenvalue weighted by Gasteiger charge is 2.27. The van der Waals surface area contributed by atoms with Crippen LogP contribution in [0.1, 0.15) is 27.7 Å². The smallest absolute Gasteiger partial charge is 0.333 e. The minimum absolute atomic E-state index is 0.0934. The van der Waals surface area contributed by atoms with E-state index < -0.39 is 84.6 Å². The fraction of sp³-hybridized carbons (Fsp3) is 0.400. The highest BCUT2D eigenvalue weighted by molar-refractivity contribution is 7.91. The molecular weight excluding hydrogens is 765 g/mol. The van der Waals surface area contributed by atoms with Crippen molar-refractivity contribution in [3.05, 3.63) is 97.1 Å². The van der Waals surface area contributed by atoms with Gasteiger partial charge in [-0.05, 0) is 76.2 Å². The predicted octanol–water partition coefficient (Wildman–Crippen LogP) is 2.05. The molecule has 0 amide bonds. The maximum absolute atomic E-state index is 13.8. The molecule has 0 heterocycles. The van der Waals surface area contributed by atoms with Gasteiger partial charge in [0, 0.05) is 33.7 Å². The Bertz CT molecular complexity index is 1670. The van der Waals surface area contributed by atoms with Crippen LogP contribution in [0.5, 0.6) is 0 Å². The largest absolute Gasteiger partial charge is 0.455 e. The zero-order chi connectivity index (χ0) is 43.0. The summed E-state index contributed by atoms with van der Waals surface area (Å²) in [7, 11) is -4.15. The van der Waals surface area contributed by atoms with Crippen molar-refractivity contribution in [2.45, 2.75) is 61.9 Å². The van der Waals surface area contributed by atoms with Gasteiger partial charge in [0.15, 0.2) is 0 Å². The van der Waals surface area contributed by atoms with Crippen LogP contribution in [-0.4, -0.2) is 130 Å². The lowest BCUT2D eigenvalue weighted by Crippen LogP contribution is -2.43. The number of anilines is 2. The van der Waals surface area contributed by atoms with Crippen molar-refractivity contribution in [1.29, 1.82) is 0 Å². The van der Waals surface area contributed by atoms with E-state index in [0.29, 0.717) is 11.4 Å². The van der Waals surface area contributed by atoms with E-state index in [0.717, 1.165) is 0 Å². The van der Waals surface area contributed by atoms with Gasteiger partial charge in [-0.15, -0.1) is 0 Å². The average molecular weight is 817 g/mol. The first kappa shape index (κ1) is 47.8. The van der Waals surface area contributed by atoms with Crippen LogP contribution in [0.3, 0.4) is 0 Å². The first-order valence-corrected chi connectivity index (χ1v) is 19.1. The van der Waals surface area contributed by atoms with Gasteiger partial charge in [0.25, 0.3) is 0 Å². The van der Waals surface area contributed by atoms with Crippen LogP contribution >= 0.6 is 0 Å². The molecule has 312 valence electrons. The number of aliphatic hydroxyl groups is 4. The molecule has 2 aromatic carbocycles. The number of rotatable bonds is 24. The Morgan fingerprint density at radius 2 is 0.702 bits per heavy atom. The molecule has 4 atom stereocenters. The Morgan fingerprint density at radius 1 is 0.491 bits per heavy atom. The molecule has 0 fully saturated rings. The van der Waals surface area contributed by atoms with E-state index in [2.05, 4.69) is 26.3 Å². The molecule has 4 N–H and O–H groups in total. The van der Waals surface area contributed by atoms with Crippen molar-refractivity contribution in [3.63, 3.8) is 0 Å². The molecule has 0 bridgehead atoms. The number of sulfone groups is 1. The number of aliphatic hydroxyl groups excluding tert-OH is 4. The minimum atomic E-state index is -4.15. The van der Waals surface area contributed by atoms with E-state index in [1.807, 2.05) is 0 Å².